The van der Waals surface area contributed by atoms with Crippen molar-refractivity contribution in [2.45, 2.75) is 38.0 Å². The highest BCUT2D eigenvalue weighted by Gasteiger charge is 2.30. The summed E-state index contributed by atoms with van der Waals surface area (Å²) < 4.78 is 0. The second kappa shape index (κ2) is 7.58. The van der Waals surface area contributed by atoms with E-state index in [1.807, 2.05) is 6.08 Å². The standard InChI is InChI=1S/C17H26N2O/c1-3-11-18-15-10-12-19(13-17(15)20)16(4-2)14-8-6-5-7-9-14/h3,5-9,15-18,20H,1,4,10-13H2,2H3/t15-,16?,17-/m0/s1. The molecule has 1 aliphatic heterocycles. The van der Waals surface area contributed by atoms with Crippen molar-refractivity contribution in [2.75, 3.05) is 19.6 Å². The molecule has 1 aromatic rings. The van der Waals surface area contributed by atoms with Crippen molar-refractivity contribution in [3.63, 3.8) is 0 Å². The van der Waals surface area contributed by atoms with Crippen molar-refractivity contribution in [3.8, 4) is 0 Å². The molecule has 1 unspecified atom stereocenters. The van der Waals surface area contributed by atoms with Gasteiger partial charge < -0.3 is 10.4 Å². The molecule has 1 aliphatic rings. The van der Waals surface area contributed by atoms with Gasteiger partial charge in [0.05, 0.1) is 6.10 Å². The molecule has 2 rings (SSSR count). The van der Waals surface area contributed by atoms with E-state index in [9.17, 15) is 5.11 Å². The SMILES string of the molecule is C=CCN[C@H]1CCN(C(CC)c2ccccc2)C[C@@H]1O. The average molecular weight is 274 g/mol. The molecule has 1 fully saturated rings. The number of likely N-dealkylation sites (tertiary alicyclic amines) is 1. The zero-order valence-electron chi connectivity index (χ0n) is 12.3. The number of rotatable bonds is 6. The summed E-state index contributed by atoms with van der Waals surface area (Å²) in [6, 6.07) is 11.2. The highest BCUT2D eigenvalue weighted by molar-refractivity contribution is 5.19. The van der Waals surface area contributed by atoms with Gasteiger partial charge in [0.2, 0.25) is 0 Å². The smallest absolute Gasteiger partial charge is 0.0820 e. The Morgan fingerprint density at radius 1 is 1.45 bits per heavy atom. The molecular weight excluding hydrogens is 248 g/mol. The first-order valence-corrected chi connectivity index (χ1v) is 7.57. The maximum absolute atomic E-state index is 10.3. The fourth-order valence-corrected chi connectivity index (χ4v) is 3.09. The third-order valence-corrected chi connectivity index (χ3v) is 4.15. The van der Waals surface area contributed by atoms with Gasteiger partial charge in [0.1, 0.15) is 0 Å². The molecule has 2 N–H and O–H groups in total. The van der Waals surface area contributed by atoms with Gasteiger partial charge >= 0.3 is 0 Å². The zero-order valence-corrected chi connectivity index (χ0v) is 12.3. The number of β-amino-alcohol motifs (C(OH)–C–C–N with tert-alkyl or cyclic N) is 1. The minimum atomic E-state index is -0.304. The summed E-state index contributed by atoms with van der Waals surface area (Å²) in [6.07, 6.45) is 3.60. The van der Waals surface area contributed by atoms with Crippen LogP contribution in [0.2, 0.25) is 0 Å². The van der Waals surface area contributed by atoms with Crippen molar-refractivity contribution in [1.82, 2.24) is 10.2 Å². The van der Waals surface area contributed by atoms with E-state index in [1.165, 1.54) is 5.56 Å². The van der Waals surface area contributed by atoms with E-state index in [0.29, 0.717) is 6.04 Å². The highest BCUT2D eigenvalue weighted by Crippen LogP contribution is 2.27. The highest BCUT2D eigenvalue weighted by atomic mass is 16.3. The lowest BCUT2D eigenvalue weighted by Crippen LogP contribution is -2.53. The number of benzene rings is 1. The van der Waals surface area contributed by atoms with Gasteiger partial charge in [-0.05, 0) is 18.4 Å². The molecule has 0 radical (unpaired) electrons. The number of piperidine rings is 1. The van der Waals surface area contributed by atoms with Crippen LogP contribution in [0.5, 0.6) is 0 Å². The molecule has 110 valence electrons. The van der Waals surface area contributed by atoms with Crippen molar-refractivity contribution in [2.24, 2.45) is 0 Å². The Morgan fingerprint density at radius 3 is 2.80 bits per heavy atom. The monoisotopic (exact) mass is 274 g/mol. The van der Waals surface area contributed by atoms with Crippen LogP contribution in [0.3, 0.4) is 0 Å². The molecule has 1 heterocycles. The van der Waals surface area contributed by atoms with E-state index in [1.54, 1.807) is 0 Å². The molecule has 0 bridgehead atoms. The number of nitrogens with zero attached hydrogens (tertiary/aromatic N) is 1. The molecule has 0 spiro atoms. The summed E-state index contributed by atoms with van der Waals surface area (Å²) in [7, 11) is 0. The normalized spacial score (nSPS) is 25.3. The van der Waals surface area contributed by atoms with Crippen LogP contribution in [0.15, 0.2) is 43.0 Å². The summed E-state index contributed by atoms with van der Waals surface area (Å²) in [4.78, 5) is 2.41. The summed E-state index contributed by atoms with van der Waals surface area (Å²) >= 11 is 0. The van der Waals surface area contributed by atoms with Crippen molar-refractivity contribution in [3.05, 3.63) is 48.6 Å². The van der Waals surface area contributed by atoms with E-state index in [0.717, 1.165) is 32.5 Å². The summed E-state index contributed by atoms with van der Waals surface area (Å²) in [5, 5.41) is 13.7. The minimum absolute atomic E-state index is 0.192. The van der Waals surface area contributed by atoms with E-state index in [4.69, 9.17) is 0 Å². The van der Waals surface area contributed by atoms with Crippen LogP contribution in [0.1, 0.15) is 31.4 Å². The lowest BCUT2D eigenvalue weighted by Gasteiger charge is -2.40. The van der Waals surface area contributed by atoms with E-state index in [-0.39, 0.29) is 12.1 Å². The second-order valence-electron chi connectivity index (χ2n) is 5.49. The first-order chi connectivity index (χ1) is 9.76. The maximum atomic E-state index is 10.3. The zero-order chi connectivity index (χ0) is 14.4. The Hall–Kier alpha value is -1.16. The van der Waals surface area contributed by atoms with Crippen molar-refractivity contribution in [1.29, 1.82) is 0 Å². The molecule has 1 saturated heterocycles. The van der Waals surface area contributed by atoms with E-state index < -0.39 is 0 Å². The van der Waals surface area contributed by atoms with E-state index in [2.05, 4.69) is 54.1 Å². The van der Waals surface area contributed by atoms with Crippen molar-refractivity contribution >= 4 is 0 Å². The first kappa shape index (κ1) is 15.2. The average Bonchev–Trinajstić information content (AvgIpc) is 2.48. The fourth-order valence-electron chi connectivity index (χ4n) is 3.09. The molecule has 3 nitrogen and oxygen atoms in total. The summed E-state index contributed by atoms with van der Waals surface area (Å²) in [6.45, 7) is 8.45. The molecule has 1 aromatic carbocycles. The first-order valence-electron chi connectivity index (χ1n) is 7.57. The van der Waals surface area contributed by atoms with E-state index >= 15 is 0 Å². The van der Waals surface area contributed by atoms with Gasteiger partial charge in [0.25, 0.3) is 0 Å². The van der Waals surface area contributed by atoms with Crippen LogP contribution >= 0.6 is 0 Å². The number of aliphatic hydroxyl groups is 1. The predicted molar refractivity (Wildman–Crippen MR) is 83.7 cm³/mol. The Kier molecular flexibility index (Phi) is 5.77. The topological polar surface area (TPSA) is 35.5 Å². The lowest BCUT2D eigenvalue weighted by atomic mass is 9.96. The van der Waals surface area contributed by atoms with Crippen LogP contribution in [-0.4, -0.2) is 41.8 Å². The number of nitrogens with one attached hydrogen (secondary N) is 1. The van der Waals surface area contributed by atoms with Crippen LogP contribution in [0, 0.1) is 0 Å². The molecule has 0 amide bonds. The maximum Gasteiger partial charge on any atom is 0.0820 e. The summed E-state index contributed by atoms with van der Waals surface area (Å²) in [5.41, 5.74) is 1.35. The van der Waals surface area contributed by atoms with Crippen LogP contribution in [-0.2, 0) is 0 Å². The Balaban J connectivity index is 1.98. The fraction of sp³-hybridized carbons (Fsp3) is 0.529. The lowest BCUT2D eigenvalue weighted by molar-refractivity contribution is 0.0202. The van der Waals surface area contributed by atoms with Gasteiger partial charge in [-0.15, -0.1) is 6.58 Å². The molecule has 0 saturated carbocycles. The van der Waals surface area contributed by atoms with Gasteiger partial charge in [-0.25, -0.2) is 0 Å². The van der Waals surface area contributed by atoms with Gasteiger partial charge in [0, 0.05) is 31.7 Å². The predicted octanol–water partition coefficient (Wildman–Crippen LogP) is 2.35. The molecule has 20 heavy (non-hydrogen) atoms. The van der Waals surface area contributed by atoms with Crippen LogP contribution in [0.25, 0.3) is 0 Å². The third kappa shape index (κ3) is 3.69. The summed E-state index contributed by atoms with van der Waals surface area (Å²) in [5.74, 6) is 0. The Morgan fingerprint density at radius 2 is 2.20 bits per heavy atom. The third-order valence-electron chi connectivity index (χ3n) is 4.15. The Bertz CT molecular complexity index is 407. The molecule has 3 atom stereocenters. The molecular formula is C17H26N2O. The number of hydrogen-bond acceptors (Lipinski definition) is 3. The number of aliphatic hydroxyl groups excluding tert-OH is 1. The van der Waals surface area contributed by atoms with Gasteiger partial charge in [0.15, 0.2) is 0 Å². The van der Waals surface area contributed by atoms with Gasteiger partial charge in [-0.2, -0.15) is 0 Å². The van der Waals surface area contributed by atoms with Crippen molar-refractivity contribution < 1.29 is 5.11 Å². The molecule has 0 aromatic heterocycles. The van der Waals surface area contributed by atoms with Gasteiger partial charge in [-0.3, -0.25) is 4.90 Å². The quantitative estimate of drug-likeness (QED) is 0.782. The van der Waals surface area contributed by atoms with Crippen LogP contribution < -0.4 is 5.32 Å². The second-order valence-corrected chi connectivity index (χ2v) is 5.49. The molecule has 3 heteroatoms. The number of hydrogen-bond donors (Lipinski definition) is 2. The van der Waals surface area contributed by atoms with Crippen LogP contribution in [0.4, 0.5) is 0 Å². The van der Waals surface area contributed by atoms with Gasteiger partial charge in [-0.1, -0.05) is 43.3 Å². The Labute approximate surface area is 122 Å². The minimum Gasteiger partial charge on any atom is -0.390 e. The molecule has 0 aliphatic carbocycles. The largest absolute Gasteiger partial charge is 0.390 e.